The zero-order chi connectivity index (χ0) is 22.0. The highest BCUT2D eigenvalue weighted by Crippen LogP contribution is 2.29. The molecule has 0 aromatic carbocycles. The molecule has 3 amide bonds. The summed E-state index contributed by atoms with van der Waals surface area (Å²) in [5, 5.41) is 0.238. The Morgan fingerprint density at radius 3 is 2.57 bits per heavy atom. The van der Waals surface area contributed by atoms with Crippen LogP contribution in [0, 0.1) is 0 Å². The van der Waals surface area contributed by atoms with Crippen LogP contribution in [0.25, 0.3) is 4.96 Å². The summed E-state index contributed by atoms with van der Waals surface area (Å²) in [6.07, 6.45) is 0.889. The zero-order valence-electron chi connectivity index (χ0n) is 17.1. The molecule has 0 fully saturated rings. The van der Waals surface area contributed by atoms with Crippen molar-refractivity contribution in [3.8, 4) is 0 Å². The molecule has 162 valence electrons. The summed E-state index contributed by atoms with van der Waals surface area (Å²) < 4.78 is 11.3. The van der Waals surface area contributed by atoms with Crippen molar-refractivity contribution < 1.29 is 23.9 Å². The number of imide groups is 1. The summed E-state index contributed by atoms with van der Waals surface area (Å²) in [5.41, 5.74) is 0.00472. The minimum absolute atomic E-state index is 0.108. The monoisotopic (exact) mass is 454 g/mol. The summed E-state index contributed by atoms with van der Waals surface area (Å²) in [6.45, 7) is 4.46. The summed E-state index contributed by atoms with van der Waals surface area (Å²) in [6, 6.07) is 0. The first-order valence-corrected chi connectivity index (χ1v) is 11.4. The second-order valence-electron chi connectivity index (χ2n) is 6.32. The molecule has 0 saturated heterocycles. The van der Waals surface area contributed by atoms with Crippen molar-refractivity contribution in [3.63, 3.8) is 0 Å². The van der Waals surface area contributed by atoms with Crippen molar-refractivity contribution in [2.45, 2.75) is 31.8 Å². The highest BCUT2D eigenvalue weighted by atomic mass is 32.2. The van der Waals surface area contributed by atoms with Crippen molar-refractivity contribution in [1.82, 2.24) is 19.2 Å². The number of rotatable bonds is 4. The number of carbonyl (C=O) groups excluding carboxylic acids is 3. The number of amides is 3. The van der Waals surface area contributed by atoms with Crippen molar-refractivity contribution >= 4 is 46.2 Å². The fourth-order valence-electron chi connectivity index (χ4n) is 3.12. The summed E-state index contributed by atoms with van der Waals surface area (Å²) in [4.78, 5) is 58.3. The van der Waals surface area contributed by atoms with Crippen LogP contribution in [0.3, 0.4) is 0 Å². The van der Waals surface area contributed by atoms with Crippen LogP contribution in [-0.4, -0.2) is 70.3 Å². The molecule has 0 spiro atoms. The smallest absolute Gasteiger partial charge is 0.416 e. The molecule has 1 aliphatic rings. The fraction of sp³-hybridized carbons (Fsp3) is 0.500. The molecule has 10 nitrogen and oxygen atoms in total. The normalized spacial score (nSPS) is 13.1. The van der Waals surface area contributed by atoms with Gasteiger partial charge in [-0.25, -0.2) is 19.5 Å². The van der Waals surface area contributed by atoms with E-state index in [4.69, 9.17) is 9.47 Å². The number of fused-ring (bicyclic) bond motifs is 3. The van der Waals surface area contributed by atoms with Gasteiger partial charge in [-0.15, -0.1) is 11.8 Å². The predicted molar refractivity (Wildman–Crippen MR) is 111 cm³/mol. The van der Waals surface area contributed by atoms with Gasteiger partial charge in [0.2, 0.25) is 0 Å². The van der Waals surface area contributed by atoms with Crippen molar-refractivity contribution in [1.29, 1.82) is 0 Å². The number of nitrogens with zero attached hydrogens (tertiary/aromatic N) is 4. The molecule has 0 atom stereocenters. The molecular weight excluding hydrogens is 432 g/mol. The van der Waals surface area contributed by atoms with Gasteiger partial charge in [-0.3, -0.25) is 14.0 Å². The second-order valence-corrected chi connectivity index (χ2v) is 8.18. The van der Waals surface area contributed by atoms with Crippen LogP contribution in [0.2, 0.25) is 0 Å². The van der Waals surface area contributed by atoms with E-state index >= 15 is 0 Å². The van der Waals surface area contributed by atoms with Gasteiger partial charge in [-0.2, -0.15) is 0 Å². The van der Waals surface area contributed by atoms with Crippen LogP contribution in [0.4, 0.5) is 9.59 Å². The number of ether oxygens (including phenoxy) is 2. The molecule has 3 rings (SSSR count). The van der Waals surface area contributed by atoms with E-state index in [1.807, 2.05) is 0 Å². The van der Waals surface area contributed by atoms with E-state index in [9.17, 15) is 19.2 Å². The van der Waals surface area contributed by atoms with Gasteiger partial charge in [0.15, 0.2) is 4.96 Å². The number of aromatic nitrogens is 2. The Bertz CT molecular complexity index is 1060. The van der Waals surface area contributed by atoms with Gasteiger partial charge >= 0.3 is 12.2 Å². The Balaban J connectivity index is 2.06. The average molecular weight is 455 g/mol. The van der Waals surface area contributed by atoms with Gasteiger partial charge in [0.1, 0.15) is 10.6 Å². The van der Waals surface area contributed by atoms with Crippen molar-refractivity contribution in [3.05, 3.63) is 26.5 Å². The van der Waals surface area contributed by atoms with Gasteiger partial charge < -0.3 is 14.4 Å². The average Bonchev–Trinajstić information content (AvgIpc) is 3.10. The second kappa shape index (κ2) is 9.04. The minimum atomic E-state index is -0.837. The van der Waals surface area contributed by atoms with Gasteiger partial charge in [0.25, 0.3) is 11.5 Å². The molecule has 0 saturated carbocycles. The molecule has 0 N–H and O–H groups in total. The Hall–Kier alpha value is -2.60. The first kappa shape index (κ1) is 22.1. The molecule has 0 aliphatic carbocycles. The molecule has 1 aliphatic heterocycles. The van der Waals surface area contributed by atoms with E-state index in [2.05, 4.69) is 4.98 Å². The third kappa shape index (κ3) is 3.88. The largest absolute Gasteiger partial charge is 0.450 e. The molecular formula is C18H22N4O6S2. The van der Waals surface area contributed by atoms with Gasteiger partial charge in [0, 0.05) is 30.6 Å². The first-order valence-electron chi connectivity index (χ1n) is 9.31. The van der Waals surface area contributed by atoms with E-state index < -0.39 is 23.7 Å². The Morgan fingerprint density at radius 1 is 1.23 bits per heavy atom. The third-order valence-electron chi connectivity index (χ3n) is 4.56. The van der Waals surface area contributed by atoms with Crippen LogP contribution in [0.15, 0.2) is 9.82 Å². The number of thioether (sulfide) groups is 1. The number of hydrogen-bond donors (Lipinski definition) is 0. The van der Waals surface area contributed by atoms with E-state index in [0.717, 1.165) is 21.5 Å². The lowest BCUT2D eigenvalue weighted by Crippen LogP contribution is -2.39. The van der Waals surface area contributed by atoms with E-state index in [-0.39, 0.29) is 23.8 Å². The van der Waals surface area contributed by atoms with E-state index in [1.54, 1.807) is 25.0 Å². The van der Waals surface area contributed by atoms with Gasteiger partial charge in [0.05, 0.1) is 19.8 Å². The lowest BCUT2D eigenvalue weighted by atomic mass is 10.2. The molecule has 30 heavy (non-hydrogen) atoms. The number of carbonyl (C=O) groups is 3. The lowest BCUT2D eigenvalue weighted by molar-refractivity contribution is 0.0714. The van der Waals surface area contributed by atoms with Crippen LogP contribution in [0.5, 0.6) is 0 Å². The number of hydrogen-bond acceptors (Lipinski definition) is 9. The lowest BCUT2D eigenvalue weighted by Gasteiger charge is -2.25. The van der Waals surface area contributed by atoms with Crippen molar-refractivity contribution in [2.75, 3.05) is 33.1 Å². The minimum Gasteiger partial charge on any atom is -0.450 e. The standard InChI is InChI=1S/C18H22N4O6S2/c1-5-27-17(25)20(3)14(23)12-13(29-4)19-16-22(15(12)24)10-7-8-21(9-11(10)30-16)18(26)28-6-2/h5-9H2,1-4H3. The topological polar surface area (TPSA) is 111 Å². The summed E-state index contributed by atoms with van der Waals surface area (Å²) in [7, 11) is 1.26. The molecule has 2 aromatic heterocycles. The Kier molecular flexibility index (Phi) is 6.66. The highest BCUT2D eigenvalue weighted by Gasteiger charge is 2.31. The predicted octanol–water partition coefficient (Wildman–Crippen LogP) is 2.22. The van der Waals surface area contributed by atoms with Crippen LogP contribution in [0.1, 0.15) is 34.8 Å². The van der Waals surface area contributed by atoms with Crippen LogP contribution >= 0.6 is 23.1 Å². The SMILES string of the molecule is CCOC(=O)N1CCc2c(sc3nc(SC)c(C(=O)N(C)C(=O)OCC)c(=O)n23)C1. The maximum Gasteiger partial charge on any atom is 0.416 e. The third-order valence-corrected chi connectivity index (χ3v) is 6.31. The maximum absolute atomic E-state index is 13.3. The molecule has 0 unspecified atom stereocenters. The van der Waals surface area contributed by atoms with Gasteiger partial charge in [-0.05, 0) is 20.1 Å². The number of thiazole rings is 1. The Labute approximate surface area is 180 Å². The molecule has 3 heterocycles. The molecule has 0 bridgehead atoms. The first-order chi connectivity index (χ1) is 14.3. The van der Waals surface area contributed by atoms with Gasteiger partial charge in [-0.1, -0.05) is 11.3 Å². The Morgan fingerprint density at radius 2 is 1.93 bits per heavy atom. The zero-order valence-corrected chi connectivity index (χ0v) is 18.7. The van der Waals surface area contributed by atoms with E-state index in [1.165, 1.54) is 22.8 Å². The summed E-state index contributed by atoms with van der Waals surface area (Å²) in [5.74, 6) is -0.770. The molecule has 12 heteroatoms. The summed E-state index contributed by atoms with van der Waals surface area (Å²) >= 11 is 2.45. The molecule has 2 aromatic rings. The molecule has 0 radical (unpaired) electrons. The van der Waals surface area contributed by atoms with Crippen LogP contribution in [-0.2, 0) is 22.4 Å². The highest BCUT2D eigenvalue weighted by molar-refractivity contribution is 7.98. The fourth-order valence-corrected chi connectivity index (χ4v) is 4.91. The quantitative estimate of drug-likeness (QED) is 0.511. The van der Waals surface area contributed by atoms with Crippen molar-refractivity contribution in [2.24, 2.45) is 0 Å². The van der Waals surface area contributed by atoms with E-state index in [0.29, 0.717) is 30.2 Å². The van der Waals surface area contributed by atoms with Crippen LogP contribution < -0.4 is 5.56 Å². The maximum atomic E-state index is 13.3.